The van der Waals surface area contributed by atoms with Crippen molar-refractivity contribution < 1.29 is 0 Å². The molecule has 0 radical (unpaired) electrons. The minimum absolute atomic E-state index is 0.405. The zero-order valence-corrected chi connectivity index (χ0v) is 9.07. The van der Waals surface area contributed by atoms with Gasteiger partial charge in [-0.1, -0.05) is 13.8 Å². The molecular weight excluding hydrogens is 174 g/mol. The van der Waals surface area contributed by atoms with Gasteiger partial charge >= 0.3 is 0 Å². The molecule has 0 bridgehead atoms. The van der Waals surface area contributed by atoms with Gasteiger partial charge in [-0.25, -0.2) is 9.97 Å². The molecule has 0 unspecified atom stereocenters. The van der Waals surface area contributed by atoms with Gasteiger partial charge in [0.25, 0.3) is 0 Å². The van der Waals surface area contributed by atoms with Gasteiger partial charge in [-0.3, -0.25) is 0 Å². The Kier molecular flexibility index (Phi) is 2.40. The van der Waals surface area contributed by atoms with Gasteiger partial charge in [-0.15, -0.1) is 0 Å². The quantitative estimate of drug-likeness (QED) is 0.733. The molecule has 1 aromatic heterocycles. The summed E-state index contributed by atoms with van der Waals surface area (Å²) in [5, 5.41) is 0. The Hall–Kier alpha value is -1.12. The van der Waals surface area contributed by atoms with Crippen LogP contribution in [-0.4, -0.2) is 23.1 Å². The van der Waals surface area contributed by atoms with Crippen LogP contribution in [0.3, 0.4) is 0 Å². The maximum Gasteiger partial charge on any atom is 0.133 e. The maximum atomic E-state index is 4.55. The third-order valence-electron chi connectivity index (χ3n) is 2.63. The van der Waals surface area contributed by atoms with Gasteiger partial charge in [-0.05, 0) is 18.9 Å². The summed E-state index contributed by atoms with van der Waals surface area (Å²) in [5.41, 5.74) is 0. The molecular formula is C11H17N3. The largest absolute Gasteiger partial charge is 0.357 e. The summed E-state index contributed by atoms with van der Waals surface area (Å²) in [6.07, 6.45) is 4.46. The molecule has 1 saturated carbocycles. The van der Waals surface area contributed by atoms with E-state index in [-0.39, 0.29) is 0 Å². The second kappa shape index (κ2) is 3.56. The van der Waals surface area contributed by atoms with Crippen molar-refractivity contribution in [2.24, 2.45) is 0 Å². The van der Waals surface area contributed by atoms with Crippen LogP contribution >= 0.6 is 0 Å². The lowest BCUT2D eigenvalue weighted by atomic mass is 10.2. The third kappa shape index (κ3) is 1.86. The lowest BCUT2D eigenvalue weighted by Gasteiger charge is -2.18. The molecule has 3 heteroatoms. The Balaban J connectivity index is 2.20. The van der Waals surface area contributed by atoms with Crippen LogP contribution in [0.1, 0.15) is 38.4 Å². The fourth-order valence-corrected chi connectivity index (χ4v) is 1.49. The molecule has 0 N–H and O–H groups in total. The first-order chi connectivity index (χ1) is 6.68. The van der Waals surface area contributed by atoms with E-state index >= 15 is 0 Å². The molecule has 1 fully saturated rings. The second-order valence-electron chi connectivity index (χ2n) is 4.27. The maximum absolute atomic E-state index is 4.55. The van der Waals surface area contributed by atoms with Crippen molar-refractivity contribution in [3.05, 3.63) is 18.1 Å². The highest BCUT2D eigenvalue weighted by atomic mass is 15.2. The van der Waals surface area contributed by atoms with Gasteiger partial charge in [0.1, 0.15) is 11.6 Å². The summed E-state index contributed by atoms with van der Waals surface area (Å²) in [6, 6.07) is 2.70. The van der Waals surface area contributed by atoms with Crippen molar-refractivity contribution in [3.63, 3.8) is 0 Å². The van der Waals surface area contributed by atoms with Crippen LogP contribution in [0.25, 0.3) is 0 Å². The van der Waals surface area contributed by atoms with Gasteiger partial charge < -0.3 is 4.90 Å². The summed E-state index contributed by atoms with van der Waals surface area (Å²) in [4.78, 5) is 11.1. The lowest BCUT2D eigenvalue weighted by Crippen LogP contribution is -2.21. The molecule has 14 heavy (non-hydrogen) atoms. The van der Waals surface area contributed by atoms with Crippen molar-refractivity contribution >= 4 is 5.82 Å². The fourth-order valence-electron chi connectivity index (χ4n) is 1.49. The molecule has 0 aromatic carbocycles. The summed E-state index contributed by atoms with van der Waals surface area (Å²) in [6.45, 7) is 4.24. The van der Waals surface area contributed by atoms with Crippen LogP contribution in [-0.2, 0) is 0 Å². The Bertz CT molecular complexity index is 318. The highest BCUT2D eigenvalue weighted by Gasteiger charge is 2.27. The van der Waals surface area contributed by atoms with E-state index in [0.29, 0.717) is 12.0 Å². The molecule has 0 saturated heterocycles. The summed E-state index contributed by atoms with van der Waals surface area (Å²) in [7, 11) is 2.12. The van der Waals surface area contributed by atoms with Crippen molar-refractivity contribution in [1.29, 1.82) is 0 Å². The molecule has 1 aliphatic rings. The third-order valence-corrected chi connectivity index (χ3v) is 2.63. The molecule has 0 amide bonds. The van der Waals surface area contributed by atoms with E-state index in [0.717, 1.165) is 11.6 Å². The number of nitrogens with zero attached hydrogens (tertiary/aromatic N) is 3. The number of hydrogen-bond donors (Lipinski definition) is 0. The van der Waals surface area contributed by atoms with Crippen LogP contribution in [0.5, 0.6) is 0 Å². The van der Waals surface area contributed by atoms with Crippen LogP contribution in [0.2, 0.25) is 0 Å². The van der Waals surface area contributed by atoms with E-state index in [1.165, 1.54) is 12.8 Å². The van der Waals surface area contributed by atoms with Gasteiger partial charge in [-0.2, -0.15) is 0 Å². The van der Waals surface area contributed by atoms with E-state index in [4.69, 9.17) is 0 Å². The molecule has 0 spiro atoms. The zero-order chi connectivity index (χ0) is 10.1. The molecule has 1 aliphatic carbocycles. The monoisotopic (exact) mass is 191 g/mol. The molecule has 0 aliphatic heterocycles. The van der Waals surface area contributed by atoms with Crippen molar-refractivity contribution in [3.8, 4) is 0 Å². The van der Waals surface area contributed by atoms with E-state index in [2.05, 4.69) is 35.8 Å². The highest BCUT2D eigenvalue weighted by Crippen LogP contribution is 2.29. The predicted molar refractivity (Wildman–Crippen MR) is 57.5 cm³/mol. The normalized spacial score (nSPS) is 16.0. The lowest BCUT2D eigenvalue weighted by molar-refractivity contribution is 0.761. The number of aromatic nitrogens is 2. The molecule has 0 atom stereocenters. The van der Waals surface area contributed by atoms with E-state index in [1.807, 2.05) is 12.3 Å². The van der Waals surface area contributed by atoms with Crippen LogP contribution < -0.4 is 4.90 Å². The number of rotatable bonds is 3. The summed E-state index contributed by atoms with van der Waals surface area (Å²) in [5.74, 6) is 2.41. The van der Waals surface area contributed by atoms with Crippen molar-refractivity contribution in [2.75, 3.05) is 11.9 Å². The molecule has 3 nitrogen and oxygen atoms in total. The van der Waals surface area contributed by atoms with Crippen LogP contribution in [0.15, 0.2) is 12.3 Å². The molecule has 1 heterocycles. The predicted octanol–water partition coefficient (Wildman–Crippen LogP) is 2.20. The first kappa shape index (κ1) is 9.44. The van der Waals surface area contributed by atoms with Gasteiger partial charge in [0, 0.05) is 25.2 Å². The topological polar surface area (TPSA) is 29.0 Å². The first-order valence-corrected chi connectivity index (χ1v) is 5.24. The highest BCUT2D eigenvalue weighted by molar-refractivity contribution is 5.39. The van der Waals surface area contributed by atoms with Crippen LogP contribution in [0.4, 0.5) is 5.82 Å². The van der Waals surface area contributed by atoms with E-state index in [1.54, 1.807) is 0 Å². The molecule has 76 valence electrons. The minimum atomic E-state index is 0.405. The van der Waals surface area contributed by atoms with Crippen molar-refractivity contribution in [2.45, 2.75) is 38.6 Å². The Morgan fingerprint density at radius 2 is 2.14 bits per heavy atom. The summed E-state index contributed by atoms with van der Waals surface area (Å²) < 4.78 is 0. The standard InChI is InChI=1S/C11H17N3/c1-8(2)11-12-7-6-10(13-11)14(3)9-4-5-9/h6-9H,4-5H2,1-3H3. The Labute approximate surface area is 85.2 Å². The summed E-state index contributed by atoms with van der Waals surface area (Å²) >= 11 is 0. The number of hydrogen-bond acceptors (Lipinski definition) is 3. The average Bonchev–Trinajstić information content (AvgIpc) is 3.00. The SMILES string of the molecule is CC(C)c1nccc(N(C)C2CC2)n1. The average molecular weight is 191 g/mol. The Morgan fingerprint density at radius 1 is 1.43 bits per heavy atom. The number of anilines is 1. The molecule has 1 aromatic rings. The van der Waals surface area contributed by atoms with E-state index in [9.17, 15) is 0 Å². The minimum Gasteiger partial charge on any atom is -0.357 e. The van der Waals surface area contributed by atoms with E-state index < -0.39 is 0 Å². The van der Waals surface area contributed by atoms with Crippen LogP contribution in [0, 0.1) is 0 Å². The Morgan fingerprint density at radius 3 is 2.71 bits per heavy atom. The zero-order valence-electron chi connectivity index (χ0n) is 9.07. The van der Waals surface area contributed by atoms with Gasteiger partial charge in [0.05, 0.1) is 0 Å². The first-order valence-electron chi connectivity index (χ1n) is 5.24. The second-order valence-corrected chi connectivity index (χ2v) is 4.27. The van der Waals surface area contributed by atoms with Crippen molar-refractivity contribution in [1.82, 2.24) is 9.97 Å². The fraction of sp³-hybridized carbons (Fsp3) is 0.636. The smallest absolute Gasteiger partial charge is 0.133 e. The van der Waals surface area contributed by atoms with Gasteiger partial charge in [0.2, 0.25) is 0 Å². The van der Waals surface area contributed by atoms with Gasteiger partial charge in [0.15, 0.2) is 0 Å². The molecule has 2 rings (SSSR count).